The summed E-state index contributed by atoms with van der Waals surface area (Å²) in [4.78, 5) is 23.5. The Kier molecular flexibility index (Phi) is 15.8. The van der Waals surface area contributed by atoms with Gasteiger partial charge in [-0.05, 0) is 124 Å². The number of nitrogens with two attached hydrogens (primary N) is 4. The molecule has 0 aromatic carbocycles. The van der Waals surface area contributed by atoms with Crippen LogP contribution in [-0.2, 0) is 9.36 Å². The van der Waals surface area contributed by atoms with Crippen LogP contribution in [0.1, 0.15) is 125 Å². The largest absolute Gasteiger partial charge is 0.788 e. The standard InChI is InChI=1S/C27H46O.C7H16N4O2.CH6NO2P/c1-18(2)7-6-8-19(3)23-11-12-24-22-10-9-20-17-21(28)13-15-26(20,4)25(22)14-16-27(23,24)5;8-5(6(12)13)3-1-2-4-11-7(9)10;1-5(2,3)4/h9,18-19,21-25,28H,6-8,10-17H2,1-5H3;5H,1-4,8H2,(H,12,13)(H4,9,10,11);1H3,(H3,2,3,4)/p-1/t19-,21+,22+,23-,24+,25+,26+,27-;5-;/m10./s1. The molecule has 10 nitrogen and oxygen atoms in total. The van der Waals surface area contributed by atoms with Gasteiger partial charge in [-0.2, -0.15) is 0 Å². The van der Waals surface area contributed by atoms with Gasteiger partial charge in [0.1, 0.15) is 6.04 Å². The van der Waals surface area contributed by atoms with Crippen molar-refractivity contribution in [1.29, 1.82) is 0 Å². The van der Waals surface area contributed by atoms with Crippen molar-refractivity contribution in [3.63, 3.8) is 0 Å². The molecule has 3 saturated carbocycles. The molecule has 0 bridgehead atoms. The Morgan fingerprint density at radius 3 is 2.28 bits per heavy atom. The van der Waals surface area contributed by atoms with Crippen LogP contribution in [0.2, 0.25) is 0 Å². The van der Waals surface area contributed by atoms with Crippen molar-refractivity contribution in [1.82, 2.24) is 0 Å². The zero-order chi connectivity index (χ0) is 34.9. The number of carboxylic acid groups (broad SMARTS) is 1. The quantitative estimate of drug-likeness (QED) is 0.0549. The number of allylic oxidation sites excluding steroid dienone is 1. The van der Waals surface area contributed by atoms with E-state index < -0.39 is 19.5 Å². The summed E-state index contributed by atoms with van der Waals surface area (Å²) in [7, 11) is -3.39. The van der Waals surface area contributed by atoms with Crippen molar-refractivity contribution in [2.24, 2.45) is 74.0 Å². The zero-order valence-corrected chi connectivity index (χ0v) is 30.5. The molecule has 3 fully saturated rings. The van der Waals surface area contributed by atoms with Crippen molar-refractivity contribution >= 4 is 19.4 Å². The lowest BCUT2D eigenvalue weighted by atomic mass is 9.47. The van der Waals surface area contributed by atoms with Gasteiger partial charge < -0.3 is 36.9 Å². The normalized spacial score (nSPS) is 34.1. The molecule has 46 heavy (non-hydrogen) atoms. The lowest BCUT2D eigenvalue weighted by Crippen LogP contribution is -2.50. The SMILES string of the molecule is CC(C)CCC[C@@H](C)[C@H]1CC[C@H]2[C@@H]3CC=C4C[C@@H](O)CC[C@]4(C)[C@H]3CC[C@]12C.CP(N)(=O)[O-].NC(N)=NCCCC[C@H](N)C(=O)O. The van der Waals surface area contributed by atoms with Crippen LogP contribution in [0, 0.1) is 46.3 Å². The van der Waals surface area contributed by atoms with Crippen LogP contribution in [0.15, 0.2) is 16.6 Å². The molecular weight excluding hydrogens is 601 g/mol. The minimum atomic E-state index is -3.39. The first-order valence-corrected chi connectivity index (χ1v) is 19.9. The molecule has 0 saturated heterocycles. The van der Waals surface area contributed by atoms with Crippen LogP contribution in [0.25, 0.3) is 0 Å². The van der Waals surface area contributed by atoms with Crippen LogP contribution in [0.4, 0.5) is 0 Å². The number of aliphatic hydroxyl groups is 1. The van der Waals surface area contributed by atoms with E-state index in [0.717, 1.165) is 61.4 Å². The van der Waals surface area contributed by atoms with E-state index in [0.29, 0.717) is 30.2 Å². The van der Waals surface area contributed by atoms with Gasteiger partial charge in [0.25, 0.3) is 0 Å². The second kappa shape index (κ2) is 17.8. The van der Waals surface area contributed by atoms with Gasteiger partial charge in [-0.3, -0.25) is 15.3 Å². The van der Waals surface area contributed by atoms with Crippen LogP contribution >= 0.6 is 7.52 Å². The number of hydrogen-bond donors (Lipinski definition) is 6. The molecule has 0 amide bonds. The van der Waals surface area contributed by atoms with E-state index in [1.54, 1.807) is 5.57 Å². The summed E-state index contributed by atoms with van der Waals surface area (Å²) in [5.41, 5.74) is 22.4. The third-order valence-electron chi connectivity index (χ3n) is 11.8. The summed E-state index contributed by atoms with van der Waals surface area (Å²) < 4.78 is 9.44. The fraction of sp³-hybridized carbons (Fsp3) is 0.886. The Bertz CT molecular complexity index is 1070. The molecule has 10 N–H and O–H groups in total. The number of rotatable bonds is 11. The maximum atomic E-state index is 10.3. The van der Waals surface area contributed by atoms with E-state index in [9.17, 15) is 19.4 Å². The molecule has 10 atom stereocenters. The summed E-state index contributed by atoms with van der Waals surface area (Å²) in [6.07, 6.45) is 19.1. The van der Waals surface area contributed by atoms with E-state index in [-0.39, 0.29) is 12.1 Å². The van der Waals surface area contributed by atoms with Crippen molar-refractivity contribution in [3.8, 4) is 0 Å². The van der Waals surface area contributed by atoms with Crippen LogP contribution < -0.4 is 27.6 Å². The van der Waals surface area contributed by atoms with Crippen molar-refractivity contribution in [2.45, 2.75) is 137 Å². The number of aliphatic imine (C=N–C) groups is 1. The summed E-state index contributed by atoms with van der Waals surface area (Å²) in [5.74, 6) is 4.54. The minimum absolute atomic E-state index is 0.0579. The van der Waals surface area contributed by atoms with Gasteiger partial charge in [0.05, 0.1) is 13.6 Å². The highest BCUT2D eigenvalue weighted by Gasteiger charge is 2.59. The molecule has 4 rings (SSSR count). The van der Waals surface area contributed by atoms with Gasteiger partial charge in [0, 0.05) is 6.54 Å². The fourth-order valence-electron chi connectivity index (χ4n) is 9.47. The van der Waals surface area contributed by atoms with Crippen molar-refractivity contribution in [3.05, 3.63) is 11.6 Å². The topological polar surface area (TPSA) is 214 Å². The lowest BCUT2D eigenvalue weighted by molar-refractivity contribution is -0.173. The van der Waals surface area contributed by atoms with Gasteiger partial charge in [0.15, 0.2) is 5.96 Å². The second-order valence-electron chi connectivity index (χ2n) is 15.8. The van der Waals surface area contributed by atoms with Crippen molar-refractivity contribution < 1.29 is 24.5 Å². The number of unbranched alkanes of at least 4 members (excludes halogenated alkanes) is 1. The van der Waals surface area contributed by atoms with E-state index in [4.69, 9.17) is 22.3 Å². The minimum Gasteiger partial charge on any atom is -0.788 e. The lowest BCUT2D eigenvalue weighted by Gasteiger charge is -2.58. The molecule has 0 heterocycles. The first kappa shape index (κ1) is 40.7. The molecule has 1 unspecified atom stereocenters. The van der Waals surface area contributed by atoms with E-state index >= 15 is 0 Å². The highest BCUT2D eigenvalue weighted by molar-refractivity contribution is 7.53. The summed E-state index contributed by atoms with van der Waals surface area (Å²) >= 11 is 0. The first-order chi connectivity index (χ1) is 21.3. The highest BCUT2D eigenvalue weighted by atomic mass is 31.2. The fourth-order valence-corrected chi connectivity index (χ4v) is 9.47. The van der Waals surface area contributed by atoms with Gasteiger partial charge in [-0.25, -0.2) is 0 Å². The molecule has 0 radical (unpaired) electrons. The van der Waals surface area contributed by atoms with Gasteiger partial charge in [-0.15, -0.1) is 0 Å². The maximum absolute atomic E-state index is 10.3. The molecule has 4 aliphatic rings. The van der Waals surface area contributed by atoms with Crippen LogP contribution in [0.3, 0.4) is 0 Å². The Hall–Kier alpha value is -1.45. The Labute approximate surface area is 279 Å². The van der Waals surface area contributed by atoms with Crippen LogP contribution in [-0.4, -0.2) is 47.5 Å². The zero-order valence-electron chi connectivity index (χ0n) is 29.6. The highest BCUT2D eigenvalue weighted by Crippen LogP contribution is 2.67. The summed E-state index contributed by atoms with van der Waals surface area (Å²) in [5, 5.41) is 18.6. The molecule has 268 valence electrons. The third kappa shape index (κ3) is 11.9. The maximum Gasteiger partial charge on any atom is 0.320 e. The smallest absolute Gasteiger partial charge is 0.320 e. The Morgan fingerprint density at radius 2 is 1.70 bits per heavy atom. The van der Waals surface area contributed by atoms with Crippen molar-refractivity contribution in [2.75, 3.05) is 13.2 Å². The number of nitrogens with zero attached hydrogens (tertiary/aromatic N) is 1. The number of aliphatic hydroxyl groups excluding tert-OH is 1. The number of fused-ring (bicyclic) bond motifs is 5. The van der Waals surface area contributed by atoms with E-state index in [1.807, 2.05) is 0 Å². The predicted molar refractivity (Wildman–Crippen MR) is 187 cm³/mol. The Balaban J connectivity index is 0.000000342. The first-order valence-electron chi connectivity index (χ1n) is 17.8. The molecular formula is C35H67N5O5P-. The molecule has 0 aromatic heterocycles. The van der Waals surface area contributed by atoms with Crippen LogP contribution in [0.5, 0.6) is 0 Å². The average Bonchev–Trinajstić information content (AvgIpc) is 3.29. The number of aliphatic carboxylic acids is 1. The van der Waals surface area contributed by atoms with E-state index in [2.05, 4.69) is 51.2 Å². The summed E-state index contributed by atoms with van der Waals surface area (Å²) in [6.45, 7) is 14.1. The van der Waals surface area contributed by atoms with Gasteiger partial charge in [0.2, 0.25) is 0 Å². The molecule has 4 aliphatic carbocycles. The molecule has 0 spiro atoms. The monoisotopic (exact) mass is 668 g/mol. The number of carboxylic acids is 1. The van der Waals surface area contributed by atoms with E-state index in [1.165, 1.54) is 57.8 Å². The molecule has 11 heteroatoms. The average molecular weight is 669 g/mol. The predicted octanol–water partition coefficient (Wildman–Crippen LogP) is 5.36. The third-order valence-corrected chi connectivity index (χ3v) is 11.8. The second-order valence-corrected chi connectivity index (χ2v) is 17.7. The summed E-state index contributed by atoms with van der Waals surface area (Å²) in [6, 6.07) is -0.779. The number of carbonyl (C=O) groups is 1. The molecule has 0 aliphatic heterocycles. The van der Waals surface area contributed by atoms with Gasteiger partial charge >= 0.3 is 5.97 Å². The van der Waals surface area contributed by atoms with Gasteiger partial charge in [-0.1, -0.05) is 65.5 Å². The number of hydrogen-bond acceptors (Lipinski definition) is 6. The Morgan fingerprint density at radius 1 is 1.04 bits per heavy atom. The molecule has 0 aromatic rings. The number of guanidine groups is 1.